The topological polar surface area (TPSA) is 49.4 Å². The zero-order chi connectivity index (χ0) is 14.5. The normalized spacial score (nSPS) is 16.0. The summed E-state index contributed by atoms with van der Waals surface area (Å²) in [4.78, 5) is 25.5. The number of rotatable bonds is 3. The van der Waals surface area contributed by atoms with Crippen molar-refractivity contribution in [3.8, 4) is 0 Å². The highest BCUT2D eigenvalue weighted by atomic mass is 79.9. The van der Waals surface area contributed by atoms with Crippen LogP contribution in [0.25, 0.3) is 0 Å². The first kappa shape index (κ1) is 15.0. The third-order valence-corrected chi connectivity index (χ3v) is 4.12. The van der Waals surface area contributed by atoms with E-state index in [0.717, 1.165) is 25.9 Å². The fourth-order valence-electron chi connectivity index (χ4n) is 2.28. The monoisotopic (exact) mass is 338 g/mol. The van der Waals surface area contributed by atoms with Gasteiger partial charge in [-0.25, -0.2) is 0 Å². The number of likely N-dealkylation sites (tertiary alicyclic amines) is 1. The van der Waals surface area contributed by atoms with Crippen LogP contribution in [0.4, 0.5) is 5.69 Å². The molecular formula is C15H19BrN2O2. The van der Waals surface area contributed by atoms with E-state index < -0.39 is 0 Å². The molecule has 5 heteroatoms. The van der Waals surface area contributed by atoms with Crippen LogP contribution in [0.2, 0.25) is 0 Å². The maximum absolute atomic E-state index is 12.3. The number of nitrogens with zero attached hydrogens (tertiary/aromatic N) is 1. The molecular weight excluding hydrogens is 320 g/mol. The minimum Gasteiger partial charge on any atom is -0.339 e. The molecule has 1 aliphatic rings. The number of carbonyl (C=O) groups excluding carboxylic acids is 2. The summed E-state index contributed by atoms with van der Waals surface area (Å²) < 4.78 is 0. The van der Waals surface area contributed by atoms with E-state index in [1.54, 1.807) is 24.3 Å². The number of halogens is 1. The molecule has 0 saturated carbocycles. The van der Waals surface area contributed by atoms with Crippen LogP contribution in [-0.2, 0) is 4.79 Å². The lowest BCUT2D eigenvalue weighted by Crippen LogP contribution is -2.37. The number of alkyl halides is 1. The van der Waals surface area contributed by atoms with Gasteiger partial charge in [0.25, 0.3) is 5.91 Å². The van der Waals surface area contributed by atoms with Crippen molar-refractivity contribution < 1.29 is 9.59 Å². The van der Waals surface area contributed by atoms with E-state index in [1.165, 1.54) is 0 Å². The Kier molecular flexibility index (Phi) is 5.17. The maximum Gasteiger partial charge on any atom is 0.253 e. The lowest BCUT2D eigenvalue weighted by Gasteiger charge is -2.30. The largest absolute Gasteiger partial charge is 0.339 e. The molecule has 1 aromatic carbocycles. The maximum atomic E-state index is 12.3. The average molecular weight is 339 g/mol. The Balaban J connectivity index is 1.98. The van der Waals surface area contributed by atoms with Crippen molar-refractivity contribution in [2.75, 3.05) is 23.7 Å². The molecule has 108 valence electrons. The molecule has 2 amide bonds. The molecule has 0 aromatic heterocycles. The van der Waals surface area contributed by atoms with Crippen molar-refractivity contribution in [2.45, 2.75) is 19.8 Å². The number of amides is 2. The highest BCUT2D eigenvalue weighted by Gasteiger charge is 2.21. The van der Waals surface area contributed by atoms with Crippen LogP contribution in [0.3, 0.4) is 0 Å². The fourth-order valence-corrected chi connectivity index (χ4v) is 2.42. The Morgan fingerprint density at radius 3 is 2.40 bits per heavy atom. The summed E-state index contributed by atoms with van der Waals surface area (Å²) in [7, 11) is 0. The number of hydrogen-bond donors (Lipinski definition) is 1. The van der Waals surface area contributed by atoms with Gasteiger partial charge >= 0.3 is 0 Å². The number of carbonyl (C=O) groups is 2. The van der Waals surface area contributed by atoms with Crippen LogP contribution >= 0.6 is 15.9 Å². The summed E-state index contributed by atoms with van der Waals surface area (Å²) in [5.74, 6) is 0.685. The van der Waals surface area contributed by atoms with Gasteiger partial charge in [-0.3, -0.25) is 9.59 Å². The number of nitrogens with one attached hydrogen (secondary N) is 1. The first-order chi connectivity index (χ1) is 9.60. The predicted octanol–water partition coefficient (Wildman–Crippen LogP) is 2.89. The van der Waals surface area contributed by atoms with Gasteiger partial charge in [0.15, 0.2) is 0 Å². The number of piperidine rings is 1. The zero-order valence-electron chi connectivity index (χ0n) is 11.6. The third-order valence-electron chi connectivity index (χ3n) is 3.61. The molecule has 0 bridgehead atoms. The molecule has 0 unspecified atom stereocenters. The van der Waals surface area contributed by atoms with Crippen molar-refractivity contribution >= 4 is 33.4 Å². The lowest BCUT2D eigenvalue weighted by molar-refractivity contribution is -0.113. The van der Waals surface area contributed by atoms with Crippen molar-refractivity contribution in [3.05, 3.63) is 29.8 Å². The standard InChI is InChI=1S/C15H19BrN2O2/c1-11-6-8-18(9-7-11)15(20)12-2-4-13(5-3-12)17-14(19)10-16/h2-5,11H,6-10H2,1H3,(H,17,19). The zero-order valence-corrected chi connectivity index (χ0v) is 13.1. The highest BCUT2D eigenvalue weighted by molar-refractivity contribution is 9.09. The molecule has 1 saturated heterocycles. The minimum atomic E-state index is -0.103. The van der Waals surface area contributed by atoms with Gasteiger partial charge in [-0.2, -0.15) is 0 Å². The predicted molar refractivity (Wildman–Crippen MR) is 83.2 cm³/mol. The van der Waals surface area contributed by atoms with Crippen molar-refractivity contribution in [2.24, 2.45) is 5.92 Å². The number of benzene rings is 1. The van der Waals surface area contributed by atoms with Gasteiger partial charge < -0.3 is 10.2 Å². The van der Waals surface area contributed by atoms with E-state index >= 15 is 0 Å². The van der Waals surface area contributed by atoms with Gasteiger partial charge in [-0.05, 0) is 43.0 Å². The Morgan fingerprint density at radius 1 is 1.25 bits per heavy atom. The molecule has 4 nitrogen and oxygen atoms in total. The fraction of sp³-hybridized carbons (Fsp3) is 0.467. The van der Waals surface area contributed by atoms with E-state index in [4.69, 9.17) is 0 Å². The van der Waals surface area contributed by atoms with Gasteiger partial charge in [-0.1, -0.05) is 22.9 Å². The molecule has 1 N–H and O–H groups in total. The second kappa shape index (κ2) is 6.88. The second-order valence-electron chi connectivity index (χ2n) is 5.23. The Hall–Kier alpha value is -1.36. The van der Waals surface area contributed by atoms with E-state index in [9.17, 15) is 9.59 Å². The summed E-state index contributed by atoms with van der Waals surface area (Å²) in [6, 6.07) is 7.06. The Labute approximate surface area is 127 Å². The highest BCUT2D eigenvalue weighted by Crippen LogP contribution is 2.19. The third kappa shape index (κ3) is 3.82. The van der Waals surface area contributed by atoms with E-state index in [2.05, 4.69) is 28.2 Å². The van der Waals surface area contributed by atoms with Gasteiger partial charge in [0.05, 0.1) is 5.33 Å². The van der Waals surface area contributed by atoms with Gasteiger partial charge in [0.2, 0.25) is 5.91 Å². The molecule has 20 heavy (non-hydrogen) atoms. The molecule has 0 atom stereocenters. The minimum absolute atomic E-state index is 0.0790. The summed E-state index contributed by atoms with van der Waals surface area (Å²) in [6.45, 7) is 3.90. The Bertz CT molecular complexity index is 479. The SMILES string of the molecule is CC1CCN(C(=O)c2ccc(NC(=O)CBr)cc2)CC1. The molecule has 0 spiro atoms. The number of hydrogen-bond acceptors (Lipinski definition) is 2. The van der Waals surface area contributed by atoms with Crippen molar-refractivity contribution in [1.29, 1.82) is 0 Å². The van der Waals surface area contributed by atoms with Crippen LogP contribution in [0.1, 0.15) is 30.1 Å². The quantitative estimate of drug-likeness (QED) is 0.861. The lowest BCUT2D eigenvalue weighted by atomic mass is 9.98. The van der Waals surface area contributed by atoms with Crippen LogP contribution in [-0.4, -0.2) is 35.1 Å². The smallest absolute Gasteiger partial charge is 0.253 e. The van der Waals surface area contributed by atoms with Crippen LogP contribution in [0, 0.1) is 5.92 Å². The van der Waals surface area contributed by atoms with Gasteiger partial charge in [-0.15, -0.1) is 0 Å². The van der Waals surface area contributed by atoms with Gasteiger partial charge in [0, 0.05) is 24.3 Å². The van der Waals surface area contributed by atoms with Gasteiger partial charge in [0.1, 0.15) is 0 Å². The first-order valence-electron chi connectivity index (χ1n) is 6.85. The van der Waals surface area contributed by atoms with Crippen molar-refractivity contribution in [3.63, 3.8) is 0 Å². The second-order valence-corrected chi connectivity index (χ2v) is 5.79. The molecule has 0 aliphatic carbocycles. The first-order valence-corrected chi connectivity index (χ1v) is 7.97. The van der Waals surface area contributed by atoms with E-state index in [-0.39, 0.29) is 17.1 Å². The van der Waals surface area contributed by atoms with E-state index in [1.807, 2.05) is 4.90 Å². The summed E-state index contributed by atoms with van der Waals surface area (Å²) >= 11 is 3.09. The molecule has 1 aromatic rings. The van der Waals surface area contributed by atoms with E-state index in [0.29, 0.717) is 17.2 Å². The molecule has 1 aliphatic heterocycles. The van der Waals surface area contributed by atoms with Crippen LogP contribution in [0.5, 0.6) is 0 Å². The summed E-state index contributed by atoms with van der Waals surface area (Å²) in [5.41, 5.74) is 1.38. The molecule has 1 fully saturated rings. The molecule has 1 heterocycles. The molecule has 0 radical (unpaired) electrons. The Morgan fingerprint density at radius 2 is 1.85 bits per heavy atom. The molecule has 2 rings (SSSR count). The summed E-state index contributed by atoms with van der Waals surface area (Å²) in [5, 5.41) is 3.00. The summed E-state index contributed by atoms with van der Waals surface area (Å²) in [6.07, 6.45) is 2.15. The number of anilines is 1. The average Bonchev–Trinajstić information content (AvgIpc) is 2.48. The van der Waals surface area contributed by atoms with Crippen molar-refractivity contribution in [1.82, 2.24) is 4.90 Å². The van der Waals surface area contributed by atoms with Crippen LogP contribution < -0.4 is 5.32 Å². The van der Waals surface area contributed by atoms with Crippen LogP contribution in [0.15, 0.2) is 24.3 Å².